The molecule has 3 rings (SSSR count). The molecule has 6 heteroatoms. The molecule has 1 atom stereocenters. The van der Waals surface area contributed by atoms with Crippen molar-refractivity contribution in [3.05, 3.63) is 48.3 Å². The molecule has 0 bridgehead atoms. The summed E-state index contributed by atoms with van der Waals surface area (Å²) in [4.78, 5) is 11.0. The minimum atomic E-state index is -0.0583. The summed E-state index contributed by atoms with van der Waals surface area (Å²) in [5.74, 6) is 4.00. The molecule has 0 aliphatic carbocycles. The van der Waals surface area contributed by atoms with Gasteiger partial charge in [-0.25, -0.2) is 9.97 Å². The van der Waals surface area contributed by atoms with Crippen LogP contribution in [0.4, 0.5) is 11.6 Å². The maximum absolute atomic E-state index is 9.65. The van der Waals surface area contributed by atoms with Crippen LogP contribution >= 0.6 is 11.8 Å². The summed E-state index contributed by atoms with van der Waals surface area (Å²) in [7, 11) is 0. The van der Waals surface area contributed by atoms with E-state index in [0.717, 1.165) is 42.7 Å². The van der Waals surface area contributed by atoms with E-state index in [1.165, 1.54) is 5.56 Å². The number of aliphatic hydroxyl groups is 1. The number of thioether (sulfide) groups is 1. The summed E-state index contributed by atoms with van der Waals surface area (Å²) in [6, 6.07) is 12.1. The molecule has 0 amide bonds. The van der Waals surface area contributed by atoms with E-state index in [4.69, 9.17) is 0 Å². The Labute approximate surface area is 141 Å². The summed E-state index contributed by atoms with van der Waals surface area (Å²) >= 11 is 1.98. The Balaban J connectivity index is 1.66. The number of benzene rings is 1. The maximum Gasteiger partial charge on any atom is 0.134 e. The number of aromatic nitrogens is 2. The molecule has 2 N–H and O–H groups in total. The Morgan fingerprint density at radius 2 is 1.96 bits per heavy atom. The van der Waals surface area contributed by atoms with Gasteiger partial charge in [0, 0.05) is 30.7 Å². The molecule has 2 heterocycles. The van der Waals surface area contributed by atoms with Crippen molar-refractivity contribution in [2.75, 3.05) is 41.4 Å². The highest BCUT2D eigenvalue weighted by atomic mass is 32.2. The monoisotopic (exact) mass is 330 g/mol. The van der Waals surface area contributed by atoms with Gasteiger partial charge in [0.05, 0.1) is 12.6 Å². The van der Waals surface area contributed by atoms with Gasteiger partial charge >= 0.3 is 0 Å². The lowest BCUT2D eigenvalue weighted by Crippen LogP contribution is -2.33. The smallest absolute Gasteiger partial charge is 0.134 e. The van der Waals surface area contributed by atoms with Gasteiger partial charge in [-0.3, -0.25) is 0 Å². The van der Waals surface area contributed by atoms with Crippen LogP contribution < -0.4 is 10.2 Å². The van der Waals surface area contributed by atoms with Gasteiger partial charge in [-0.1, -0.05) is 30.3 Å². The van der Waals surface area contributed by atoms with E-state index in [2.05, 4.69) is 32.3 Å². The van der Waals surface area contributed by atoms with E-state index in [9.17, 15) is 5.11 Å². The van der Waals surface area contributed by atoms with Crippen LogP contribution in [0.25, 0.3) is 0 Å². The fourth-order valence-corrected chi connectivity index (χ4v) is 3.56. The van der Waals surface area contributed by atoms with Crippen molar-refractivity contribution in [3.63, 3.8) is 0 Å². The van der Waals surface area contributed by atoms with Gasteiger partial charge in [-0.15, -0.1) is 0 Å². The molecule has 0 spiro atoms. The van der Waals surface area contributed by atoms with Crippen LogP contribution in [-0.2, 0) is 6.42 Å². The quantitative estimate of drug-likeness (QED) is 0.845. The fraction of sp³-hybridized carbons (Fsp3) is 0.412. The highest BCUT2D eigenvalue weighted by Crippen LogP contribution is 2.19. The second-order valence-corrected chi connectivity index (χ2v) is 6.80. The molecule has 1 aliphatic rings. The first kappa shape index (κ1) is 16.1. The van der Waals surface area contributed by atoms with Crippen LogP contribution in [0.2, 0.25) is 0 Å². The van der Waals surface area contributed by atoms with Crippen molar-refractivity contribution in [2.24, 2.45) is 0 Å². The van der Waals surface area contributed by atoms with Gasteiger partial charge in [0.2, 0.25) is 0 Å². The van der Waals surface area contributed by atoms with Crippen molar-refractivity contribution in [3.8, 4) is 0 Å². The highest BCUT2D eigenvalue weighted by molar-refractivity contribution is 7.99. The van der Waals surface area contributed by atoms with Crippen molar-refractivity contribution in [1.82, 2.24) is 9.97 Å². The largest absolute Gasteiger partial charge is 0.394 e. The Morgan fingerprint density at radius 3 is 2.70 bits per heavy atom. The molecule has 1 aromatic heterocycles. The second kappa shape index (κ2) is 8.17. The summed E-state index contributed by atoms with van der Waals surface area (Å²) in [6.07, 6.45) is 2.35. The number of aliphatic hydroxyl groups excluding tert-OH is 1. The predicted octanol–water partition coefficient (Wildman–Crippen LogP) is 2.05. The Bertz CT molecular complexity index is 605. The molecule has 5 nitrogen and oxygen atoms in total. The lowest BCUT2D eigenvalue weighted by Gasteiger charge is -2.27. The molecule has 23 heavy (non-hydrogen) atoms. The van der Waals surface area contributed by atoms with Gasteiger partial charge in [0.25, 0.3) is 0 Å². The molecule has 2 aromatic rings. The Kier molecular flexibility index (Phi) is 5.71. The van der Waals surface area contributed by atoms with E-state index in [0.29, 0.717) is 0 Å². The number of nitrogens with one attached hydrogen (secondary N) is 1. The minimum Gasteiger partial charge on any atom is -0.394 e. The fourth-order valence-electron chi connectivity index (χ4n) is 2.66. The van der Waals surface area contributed by atoms with Crippen molar-refractivity contribution in [2.45, 2.75) is 12.5 Å². The van der Waals surface area contributed by atoms with Crippen LogP contribution in [0.5, 0.6) is 0 Å². The minimum absolute atomic E-state index is 0.0583. The SMILES string of the molecule is OC[C@H](Cc1ccccc1)Nc1cc(N2CCSCC2)ncn1. The second-order valence-electron chi connectivity index (χ2n) is 5.57. The van der Waals surface area contributed by atoms with Crippen molar-refractivity contribution in [1.29, 1.82) is 0 Å². The van der Waals surface area contributed by atoms with Gasteiger partial charge in [0.15, 0.2) is 0 Å². The average molecular weight is 330 g/mol. The standard InChI is InChI=1S/C17H22N4OS/c22-12-15(10-14-4-2-1-3-5-14)20-16-11-17(19-13-18-16)21-6-8-23-9-7-21/h1-5,11,13,15,22H,6-10,12H2,(H,18,19,20)/t15-/m0/s1. The molecular weight excluding hydrogens is 308 g/mol. The van der Waals surface area contributed by atoms with Crippen molar-refractivity contribution >= 4 is 23.4 Å². The van der Waals surface area contributed by atoms with Crippen LogP contribution in [0.1, 0.15) is 5.56 Å². The Morgan fingerprint density at radius 1 is 1.17 bits per heavy atom. The van der Waals surface area contributed by atoms with Crippen molar-refractivity contribution < 1.29 is 5.11 Å². The van der Waals surface area contributed by atoms with E-state index in [1.54, 1.807) is 6.33 Å². The summed E-state index contributed by atoms with van der Waals surface area (Å²) in [5, 5.41) is 13.0. The first-order valence-corrected chi connectivity index (χ1v) is 9.06. The van der Waals surface area contributed by atoms with E-state index in [-0.39, 0.29) is 12.6 Å². The first-order valence-electron chi connectivity index (χ1n) is 7.91. The molecule has 0 saturated carbocycles. The van der Waals surface area contributed by atoms with Gasteiger partial charge in [0.1, 0.15) is 18.0 Å². The van der Waals surface area contributed by atoms with Crippen LogP contribution in [0.3, 0.4) is 0 Å². The summed E-state index contributed by atoms with van der Waals surface area (Å²) in [6.45, 7) is 2.11. The number of hydrogen-bond donors (Lipinski definition) is 2. The van der Waals surface area contributed by atoms with Crippen LogP contribution in [0, 0.1) is 0 Å². The third-order valence-electron chi connectivity index (χ3n) is 3.89. The molecule has 122 valence electrons. The van der Waals surface area contributed by atoms with E-state index in [1.807, 2.05) is 36.0 Å². The lowest BCUT2D eigenvalue weighted by molar-refractivity contribution is 0.273. The first-order chi connectivity index (χ1) is 11.3. The van der Waals surface area contributed by atoms with Crippen LogP contribution in [0.15, 0.2) is 42.7 Å². The molecule has 1 aromatic carbocycles. The van der Waals surface area contributed by atoms with E-state index >= 15 is 0 Å². The zero-order valence-electron chi connectivity index (χ0n) is 13.1. The number of nitrogens with zero attached hydrogens (tertiary/aromatic N) is 3. The lowest BCUT2D eigenvalue weighted by atomic mass is 10.1. The molecule has 0 unspecified atom stereocenters. The zero-order valence-corrected chi connectivity index (χ0v) is 13.9. The topological polar surface area (TPSA) is 61.3 Å². The molecule has 1 aliphatic heterocycles. The third-order valence-corrected chi connectivity index (χ3v) is 4.83. The zero-order chi connectivity index (χ0) is 15.9. The predicted molar refractivity (Wildman–Crippen MR) is 96.2 cm³/mol. The summed E-state index contributed by atoms with van der Waals surface area (Å²) in [5.41, 5.74) is 1.20. The van der Waals surface area contributed by atoms with Gasteiger partial charge in [-0.05, 0) is 12.0 Å². The van der Waals surface area contributed by atoms with Crippen LogP contribution in [-0.4, -0.2) is 52.3 Å². The maximum atomic E-state index is 9.65. The molecule has 1 fully saturated rings. The van der Waals surface area contributed by atoms with E-state index < -0.39 is 0 Å². The third kappa shape index (κ3) is 4.59. The molecule has 1 saturated heterocycles. The number of anilines is 2. The number of hydrogen-bond acceptors (Lipinski definition) is 6. The normalized spacial score (nSPS) is 16.1. The average Bonchev–Trinajstić information content (AvgIpc) is 2.63. The van der Waals surface area contributed by atoms with Gasteiger partial charge in [-0.2, -0.15) is 11.8 Å². The highest BCUT2D eigenvalue weighted by Gasteiger charge is 2.14. The summed E-state index contributed by atoms with van der Waals surface area (Å²) < 4.78 is 0. The number of rotatable bonds is 6. The van der Waals surface area contributed by atoms with Gasteiger partial charge < -0.3 is 15.3 Å². The Hall–Kier alpha value is -1.79. The molecular formula is C17H22N4OS. The molecule has 0 radical (unpaired) electrons.